The van der Waals surface area contributed by atoms with E-state index < -0.39 is 0 Å². The zero-order valence-electron chi connectivity index (χ0n) is 20.6. The summed E-state index contributed by atoms with van der Waals surface area (Å²) in [5.74, 6) is 1.03. The first kappa shape index (κ1) is 23.8. The molecule has 1 saturated heterocycles. The number of aryl methyl sites for hydroxylation is 2. The molecule has 0 saturated carbocycles. The lowest BCUT2D eigenvalue weighted by molar-refractivity contribution is -0.125. The summed E-state index contributed by atoms with van der Waals surface area (Å²) >= 11 is 6.08. The maximum atomic E-state index is 12.8. The molecule has 2 aromatic heterocycles. The quantitative estimate of drug-likeness (QED) is 0.472. The van der Waals surface area contributed by atoms with E-state index >= 15 is 0 Å². The second kappa shape index (κ2) is 10.4. The lowest BCUT2D eigenvalue weighted by Crippen LogP contribution is -2.41. The Balaban J connectivity index is 1.27. The highest BCUT2D eigenvalue weighted by Crippen LogP contribution is 2.31. The van der Waals surface area contributed by atoms with Crippen molar-refractivity contribution in [1.29, 1.82) is 0 Å². The number of hydrogen-bond donors (Lipinski definition) is 1. The van der Waals surface area contributed by atoms with Gasteiger partial charge in [0.1, 0.15) is 5.52 Å². The summed E-state index contributed by atoms with van der Waals surface area (Å²) in [6, 6.07) is 7.67. The van der Waals surface area contributed by atoms with Crippen LogP contribution in [-0.4, -0.2) is 45.5 Å². The van der Waals surface area contributed by atoms with Gasteiger partial charge in [-0.25, -0.2) is 4.68 Å². The van der Waals surface area contributed by atoms with Crippen molar-refractivity contribution in [2.24, 2.45) is 5.92 Å². The first-order valence-corrected chi connectivity index (χ1v) is 13.1. The number of benzene rings is 1. The molecule has 1 aliphatic carbocycles. The molecule has 0 atom stereocenters. The van der Waals surface area contributed by atoms with Crippen LogP contribution in [0.4, 0.5) is 5.82 Å². The minimum absolute atomic E-state index is 0.0499. The zero-order valence-corrected chi connectivity index (χ0v) is 21.3. The van der Waals surface area contributed by atoms with Crippen molar-refractivity contribution in [1.82, 2.24) is 25.3 Å². The van der Waals surface area contributed by atoms with E-state index in [4.69, 9.17) is 16.7 Å². The molecule has 1 aromatic carbocycles. The Hall–Kier alpha value is -2.93. The van der Waals surface area contributed by atoms with Crippen LogP contribution >= 0.6 is 11.6 Å². The minimum Gasteiger partial charge on any atom is -0.356 e. The first-order chi connectivity index (χ1) is 17.0. The van der Waals surface area contributed by atoms with E-state index in [1.54, 1.807) is 0 Å². The van der Waals surface area contributed by atoms with Crippen molar-refractivity contribution in [3.05, 3.63) is 52.3 Å². The third-order valence-corrected chi connectivity index (χ3v) is 7.60. The molecule has 0 spiro atoms. The number of fused-ring (bicyclic) bond motifs is 1. The van der Waals surface area contributed by atoms with Crippen LogP contribution in [0.15, 0.2) is 35.9 Å². The molecule has 0 radical (unpaired) electrons. The van der Waals surface area contributed by atoms with Gasteiger partial charge in [0, 0.05) is 30.6 Å². The highest BCUT2D eigenvalue weighted by Gasteiger charge is 2.28. The lowest BCUT2D eigenvalue weighted by atomic mass is 9.95. The van der Waals surface area contributed by atoms with Crippen LogP contribution in [0.2, 0.25) is 5.02 Å². The number of amides is 1. The Bertz CT molecular complexity index is 1240. The highest BCUT2D eigenvalue weighted by atomic mass is 35.5. The molecule has 0 bridgehead atoms. The van der Waals surface area contributed by atoms with E-state index in [0.29, 0.717) is 5.02 Å². The van der Waals surface area contributed by atoms with Crippen LogP contribution in [0.5, 0.6) is 0 Å². The number of piperidine rings is 1. The van der Waals surface area contributed by atoms with Gasteiger partial charge in [-0.3, -0.25) is 4.79 Å². The maximum absolute atomic E-state index is 12.8. The van der Waals surface area contributed by atoms with E-state index in [1.807, 2.05) is 35.9 Å². The molecule has 8 heteroatoms. The fourth-order valence-corrected chi connectivity index (χ4v) is 5.46. The van der Waals surface area contributed by atoms with E-state index in [2.05, 4.69) is 33.4 Å². The minimum atomic E-state index is 0.0499. The van der Waals surface area contributed by atoms with Crippen molar-refractivity contribution in [3.63, 3.8) is 0 Å². The molecule has 1 fully saturated rings. The average molecular weight is 493 g/mol. The van der Waals surface area contributed by atoms with Crippen LogP contribution in [0, 0.1) is 19.8 Å². The van der Waals surface area contributed by atoms with Crippen LogP contribution < -0.4 is 10.2 Å². The van der Waals surface area contributed by atoms with Gasteiger partial charge in [-0.1, -0.05) is 23.3 Å². The van der Waals surface area contributed by atoms with Crippen LogP contribution in [-0.2, 0) is 4.79 Å². The third kappa shape index (κ3) is 5.06. The molecule has 1 amide bonds. The summed E-state index contributed by atoms with van der Waals surface area (Å²) in [5.41, 5.74) is 5.20. The SMILES string of the molecule is Cc1nnc(N2CCC(C(=O)NCCC3=CCCCC3)CC2)c2nn(-c3ccc(Cl)cc3)c(C)c12. The van der Waals surface area contributed by atoms with Gasteiger partial charge in [-0.2, -0.15) is 10.2 Å². The first-order valence-electron chi connectivity index (χ1n) is 12.7. The molecule has 184 valence electrons. The van der Waals surface area contributed by atoms with Gasteiger partial charge in [0.15, 0.2) is 5.82 Å². The summed E-state index contributed by atoms with van der Waals surface area (Å²) in [4.78, 5) is 15.0. The molecule has 5 rings (SSSR count). The summed E-state index contributed by atoms with van der Waals surface area (Å²) in [5, 5.41) is 18.8. The van der Waals surface area contributed by atoms with E-state index in [-0.39, 0.29) is 11.8 Å². The third-order valence-electron chi connectivity index (χ3n) is 7.35. The number of anilines is 1. The molecule has 3 aromatic rings. The number of hydrogen-bond acceptors (Lipinski definition) is 5. The Kier molecular flexibility index (Phi) is 7.04. The molecule has 2 aliphatic rings. The molecule has 1 aliphatic heterocycles. The van der Waals surface area contributed by atoms with Gasteiger partial charge >= 0.3 is 0 Å². The summed E-state index contributed by atoms with van der Waals surface area (Å²) in [6.07, 6.45) is 9.91. The summed E-state index contributed by atoms with van der Waals surface area (Å²) in [6.45, 7) is 6.31. The predicted molar refractivity (Wildman–Crippen MR) is 140 cm³/mol. The van der Waals surface area contributed by atoms with Crippen molar-refractivity contribution < 1.29 is 4.79 Å². The highest BCUT2D eigenvalue weighted by molar-refractivity contribution is 6.30. The molecular formula is C27H33ClN6O. The molecular weight excluding hydrogens is 460 g/mol. The Morgan fingerprint density at radius 2 is 1.89 bits per heavy atom. The zero-order chi connectivity index (χ0) is 24.4. The van der Waals surface area contributed by atoms with E-state index in [9.17, 15) is 4.79 Å². The largest absolute Gasteiger partial charge is 0.356 e. The Morgan fingerprint density at radius 3 is 2.60 bits per heavy atom. The number of halogens is 1. The number of aromatic nitrogens is 4. The Morgan fingerprint density at radius 1 is 1.11 bits per heavy atom. The van der Waals surface area contributed by atoms with Gasteiger partial charge in [-0.05, 0) is 83.1 Å². The number of nitrogens with one attached hydrogen (secondary N) is 1. The molecule has 7 nitrogen and oxygen atoms in total. The molecule has 0 unspecified atom stereocenters. The lowest BCUT2D eigenvalue weighted by Gasteiger charge is -2.32. The standard InChI is InChI=1S/C27H33ClN6O/c1-18-24-19(2)34(23-10-8-22(28)9-11-23)32-25(24)26(31-30-18)33-16-13-21(14-17-33)27(35)29-15-12-20-6-4-3-5-7-20/h6,8-11,21H,3-5,7,12-17H2,1-2H3,(H,29,35). The smallest absolute Gasteiger partial charge is 0.223 e. The summed E-state index contributed by atoms with van der Waals surface area (Å²) < 4.78 is 1.93. The van der Waals surface area contributed by atoms with Crippen molar-refractivity contribution in [2.75, 3.05) is 24.5 Å². The molecule has 35 heavy (non-hydrogen) atoms. The van der Waals surface area contributed by atoms with E-state index in [1.165, 1.54) is 31.3 Å². The number of rotatable bonds is 6. The number of carbonyl (C=O) groups is 1. The fourth-order valence-electron chi connectivity index (χ4n) is 5.33. The topological polar surface area (TPSA) is 75.9 Å². The predicted octanol–water partition coefficient (Wildman–Crippen LogP) is 5.31. The monoisotopic (exact) mass is 492 g/mol. The van der Waals surface area contributed by atoms with Gasteiger partial charge in [0.2, 0.25) is 5.91 Å². The second-order valence-corrected chi connectivity index (χ2v) is 10.2. The average Bonchev–Trinajstić information content (AvgIpc) is 3.23. The molecule has 3 heterocycles. The van der Waals surface area contributed by atoms with Crippen LogP contribution in [0.1, 0.15) is 56.3 Å². The second-order valence-electron chi connectivity index (χ2n) is 9.72. The van der Waals surface area contributed by atoms with Crippen LogP contribution in [0.3, 0.4) is 0 Å². The van der Waals surface area contributed by atoms with Crippen LogP contribution in [0.25, 0.3) is 16.6 Å². The van der Waals surface area contributed by atoms with Gasteiger partial charge in [0.25, 0.3) is 0 Å². The van der Waals surface area contributed by atoms with Gasteiger partial charge in [0.05, 0.1) is 22.5 Å². The normalized spacial score (nSPS) is 17.0. The molecule has 1 N–H and O–H groups in total. The Labute approximate surface area is 211 Å². The number of carbonyl (C=O) groups excluding carboxylic acids is 1. The van der Waals surface area contributed by atoms with E-state index in [0.717, 1.165) is 72.7 Å². The van der Waals surface area contributed by atoms with Crippen molar-refractivity contribution in [3.8, 4) is 5.69 Å². The number of allylic oxidation sites excluding steroid dienone is 1. The van der Waals surface area contributed by atoms with Gasteiger partial charge in [-0.15, -0.1) is 5.10 Å². The van der Waals surface area contributed by atoms with Crippen molar-refractivity contribution in [2.45, 2.75) is 58.8 Å². The number of nitrogens with zero attached hydrogens (tertiary/aromatic N) is 5. The summed E-state index contributed by atoms with van der Waals surface area (Å²) in [7, 11) is 0. The van der Waals surface area contributed by atoms with Gasteiger partial charge < -0.3 is 10.2 Å². The van der Waals surface area contributed by atoms with Crippen molar-refractivity contribution >= 4 is 34.2 Å². The maximum Gasteiger partial charge on any atom is 0.223 e. The fraction of sp³-hybridized carbons (Fsp3) is 0.481.